The lowest BCUT2D eigenvalue weighted by Crippen LogP contribution is -2.47. The van der Waals surface area contributed by atoms with E-state index >= 15 is 0 Å². The van der Waals surface area contributed by atoms with Crippen molar-refractivity contribution in [3.8, 4) is 0 Å². The zero-order valence-corrected chi connectivity index (χ0v) is 9.14. The van der Waals surface area contributed by atoms with Gasteiger partial charge in [-0.25, -0.2) is 0 Å². The predicted molar refractivity (Wildman–Crippen MR) is 55.7 cm³/mol. The molecule has 0 aliphatic heterocycles. The van der Waals surface area contributed by atoms with Crippen LogP contribution in [-0.2, 0) is 0 Å². The Morgan fingerprint density at radius 1 is 1.46 bits per heavy atom. The van der Waals surface area contributed by atoms with Gasteiger partial charge in [-0.05, 0) is 38.5 Å². The van der Waals surface area contributed by atoms with E-state index in [-0.39, 0.29) is 12.1 Å². The first-order chi connectivity index (χ1) is 6.06. The molecule has 78 valence electrons. The summed E-state index contributed by atoms with van der Waals surface area (Å²) < 4.78 is 0. The largest absolute Gasteiger partial charge is 0.394 e. The molecule has 0 heterocycles. The highest BCUT2D eigenvalue weighted by atomic mass is 16.3. The summed E-state index contributed by atoms with van der Waals surface area (Å²) in [5.41, 5.74) is -0.0363. The molecule has 0 saturated heterocycles. The molecule has 1 aliphatic carbocycles. The van der Waals surface area contributed by atoms with Crippen LogP contribution in [0.15, 0.2) is 0 Å². The lowest BCUT2D eigenvalue weighted by Gasteiger charge is -2.29. The van der Waals surface area contributed by atoms with Crippen LogP contribution in [0.25, 0.3) is 0 Å². The normalized spacial score (nSPS) is 21.9. The monoisotopic (exact) mass is 185 g/mol. The third kappa shape index (κ3) is 4.10. The first-order valence-corrected chi connectivity index (χ1v) is 5.44. The number of hydrogen-bond donors (Lipinski definition) is 2. The van der Waals surface area contributed by atoms with Gasteiger partial charge in [0.25, 0.3) is 0 Å². The summed E-state index contributed by atoms with van der Waals surface area (Å²) in [6.45, 7) is 6.85. The van der Waals surface area contributed by atoms with Crippen molar-refractivity contribution in [3.05, 3.63) is 0 Å². The van der Waals surface area contributed by atoms with Gasteiger partial charge in [0, 0.05) is 11.6 Å². The lowest BCUT2D eigenvalue weighted by molar-refractivity contribution is 0.157. The van der Waals surface area contributed by atoms with Crippen molar-refractivity contribution >= 4 is 0 Å². The maximum Gasteiger partial charge on any atom is 0.0610 e. The van der Waals surface area contributed by atoms with Gasteiger partial charge in [0.2, 0.25) is 0 Å². The molecule has 0 radical (unpaired) electrons. The number of hydrogen-bond acceptors (Lipinski definition) is 2. The molecular formula is C11H23NO. The molecule has 1 aliphatic rings. The maximum absolute atomic E-state index is 9.31. The minimum Gasteiger partial charge on any atom is -0.394 e. The van der Waals surface area contributed by atoms with Gasteiger partial charge in [-0.3, -0.25) is 0 Å². The number of rotatable bonds is 6. The topological polar surface area (TPSA) is 32.3 Å². The van der Waals surface area contributed by atoms with Gasteiger partial charge >= 0.3 is 0 Å². The van der Waals surface area contributed by atoms with Gasteiger partial charge in [0.1, 0.15) is 0 Å². The molecule has 0 bridgehead atoms. The van der Waals surface area contributed by atoms with E-state index in [9.17, 15) is 5.11 Å². The van der Waals surface area contributed by atoms with Crippen LogP contribution in [-0.4, -0.2) is 23.3 Å². The van der Waals surface area contributed by atoms with Crippen molar-refractivity contribution in [2.75, 3.05) is 6.61 Å². The van der Waals surface area contributed by atoms with Crippen molar-refractivity contribution in [1.29, 1.82) is 0 Å². The summed E-state index contributed by atoms with van der Waals surface area (Å²) in [5, 5.41) is 12.8. The molecule has 1 saturated carbocycles. The van der Waals surface area contributed by atoms with Gasteiger partial charge in [0.05, 0.1) is 6.61 Å². The highest BCUT2D eigenvalue weighted by Gasteiger charge is 2.31. The molecular weight excluding hydrogens is 162 g/mol. The van der Waals surface area contributed by atoms with E-state index in [1.807, 2.05) is 0 Å². The predicted octanol–water partition coefficient (Wildman–Crippen LogP) is 1.93. The van der Waals surface area contributed by atoms with E-state index < -0.39 is 0 Å². The van der Waals surface area contributed by atoms with Crippen LogP contribution in [0.2, 0.25) is 0 Å². The first-order valence-electron chi connectivity index (χ1n) is 5.44. The molecule has 1 atom stereocenters. The quantitative estimate of drug-likeness (QED) is 0.662. The second kappa shape index (κ2) is 4.43. The second-order valence-electron chi connectivity index (χ2n) is 5.07. The van der Waals surface area contributed by atoms with Crippen molar-refractivity contribution in [1.82, 2.24) is 5.32 Å². The van der Waals surface area contributed by atoms with Crippen molar-refractivity contribution in [2.24, 2.45) is 5.92 Å². The Bertz CT molecular complexity index is 154. The fourth-order valence-corrected chi connectivity index (χ4v) is 1.52. The summed E-state index contributed by atoms with van der Waals surface area (Å²) >= 11 is 0. The molecule has 1 fully saturated rings. The average molecular weight is 185 g/mol. The number of nitrogens with one attached hydrogen (secondary N) is 1. The molecule has 2 N–H and O–H groups in total. The van der Waals surface area contributed by atoms with E-state index in [2.05, 4.69) is 26.1 Å². The summed E-state index contributed by atoms with van der Waals surface area (Å²) in [6, 6.07) is 0.685. The Morgan fingerprint density at radius 3 is 2.46 bits per heavy atom. The minimum absolute atomic E-state index is 0.0363. The molecule has 0 aromatic heterocycles. The molecule has 2 heteroatoms. The minimum atomic E-state index is -0.0363. The van der Waals surface area contributed by atoms with Gasteiger partial charge in [-0.1, -0.05) is 13.8 Å². The summed E-state index contributed by atoms with van der Waals surface area (Å²) in [6.07, 6.45) is 4.85. The van der Waals surface area contributed by atoms with E-state index in [0.717, 1.165) is 12.3 Å². The highest BCUT2D eigenvalue weighted by Crippen LogP contribution is 2.25. The Balaban J connectivity index is 2.28. The van der Waals surface area contributed by atoms with E-state index in [1.165, 1.54) is 19.3 Å². The third-order valence-corrected chi connectivity index (χ3v) is 2.75. The highest BCUT2D eigenvalue weighted by molar-refractivity contribution is 4.92. The van der Waals surface area contributed by atoms with E-state index in [0.29, 0.717) is 6.04 Å². The van der Waals surface area contributed by atoms with Gasteiger partial charge in [0.15, 0.2) is 0 Å². The molecule has 0 aromatic rings. The molecule has 0 aromatic carbocycles. The van der Waals surface area contributed by atoms with Crippen LogP contribution in [0.5, 0.6) is 0 Å². The zero-order chi connectivity index (χ0) is 9.90. The van der Waals surface area contributed by atoms with Crippen molar-refractivity contribution < 1.29 is 5.11 Å². The maximum atomic E-state index is 9.31. The molecule has 0 amide bonds. The van der Waals surface area contributed by atoms with E-state index in [1.54, 1.807) is 0 Å². The summed E-state index contributed by atoms with van der Waals surface area (Å²) in [7, 11) is 0. The first kappa shape index (κ1) is 11.0. The van der Waals surface area contributed by atoms with Crippen LogP contribution in [0.3, 0.4) is 0 Å². The Hall–Kier alpha value is -0.0800. The lowest BCUT2D eigenvalue weighted by atomic mass is 9.92. The number of aliphatic hydroxyl groups excluding tert-OH is 1. The Morgan fingerprint density at radius 2 is 2.08 bits per heavy atom. The number of aliphatic hydroxyl groups is 1. The molecule has 1 rings (SSSR count). The van der Waals surface area contributed by atoms with Crippen LogP contribution in [0.1, 0.15) is 46.5 Å². The van der Waals surface area contributed by atoms with Gasteiger partial charge < -0.3 is 10.4 Å². The van der Waals surface area contributed by atoms with Crippen LogP contribution < -0.4 is 5.32 Å². The fourth-order valence-electron chi connectivity index (χ4n) is 1.52. The van der Waals surface area contributed by atoms with Crippen molar-refractivity contribution in [2.45, 2.75) is 58.0 Å². The van der Waals surface area contributed by atoms with Crippen LogP contribution in [0, 0.1) is 5.92 Å². The van der Waals surface area contributed by atoms with Crippen LogP contribution in [0.4, 0.5) is 0 Å². The molecule has 1 unspecified atom stereocenters. The smallest absolute Gasteiger partial charge is 0.0610 e. The molecule has 2 nitrogen and oxygen atoms in total. The van der Waals surface area contributed by atoms with Gasteiger partial charge in [-0.15, -0.1) is 0 Å². The molecule has 13 heavy (non-hydrogen) atoms. The Labute approximate surface area is 81.7 Å². The standard InChI is InChI=1S/C11H23NO/c1-9(2)6-7-11(3,8-13)12-10-4-5-10/h9-10,12-13H,4-8H2,1-3H3. The second-order valence-corrected chi connectivity index (χ2v) is 5.07. The Kier molecular flexibility index (Phi) is 3.74. The van der Waals surface area contributed by atoms with E-state index in [4.69, 9.17) is 0 Å². The summed E-state index contributed by atoms with van der Waals surface area (Å²) in [4.78, 5) is 0. The molecule has 0 spiro atoms. The SMILES string of the molecule is CC(C)CCC(C)(CO)NC1CC1. The fraction of sp³-hybridized carbons (Fsp3) is 1.00. The van der Waals surface area contributed by atoms with Crippen LogP contribution >= 0.6 is 0 Å². The van der Waals surface area contributed by atoms with Crippen molar-refractivity contribution in [3.63, 3.8) is 0 Å². The average Bonchev–Trinajstić information content (AvgIpc) is 2.85. The summed E-state index contributed by atoms with van der Waals surface area (Å²) in [5.74, 6) is 0.729. The van der Waals surface area contributed by atoms with Gasteiger partial charge in [-0.2, -0.15) is 0 Å². The third-order valence-electron chi connectivity index (χ3n) is 2.75. The zero-order valence-electron chi connectivity index (χ0n) is 9.14.